The van der Waals surface area contributed by atoms with Crippen LogP contribution >= 0.6 is 15.9 Å². The summed E-state index contributed by atoms with van der Waals surface area (Å²) in [5, 5.41) is 15.3. The number of amides is 3. The van der Waals surface area contributed by atoms with Crippen molar-refractivity contribution in [1.29, 1.82) is 0 Å². The summed E-state index contributed by atoms with van der Waals surface area (Å²) in [4.78, 5) is 33.6. The molecule has 1 aliphatic rings. The predicted octanol–water partition coefficient (Wildman–Crippen LogP) is 1.58. The second-order valence-corrected chi connectivity index (χ2v) is 6.63. The number of nitrogens with one attached hydrogen (secondary N) is 2. The molecule has 0 saturated carbocycles. The van der Waals surface area contributed by atoms with Crippen molar-refractivity contribution < 1.29 is 29.0 Å². The Labute approximate surface area is 168 Å². The average Bonchev–Trinajstić information content (AvgIpc) is 2.97. The van der Waals surface area contributed by atoms with Gasteiger partial charge in [-0.1, -0.05) is 24.3 Å². The highest BCUT2D eigenvalue weighted by molar-refractivity contribution is 9.10. The Morgan fingerprint density at radius 3 is 2.46 bits per heavy atom. The van der Waals surface area contributed by atoms with E-state index in [2.05, 4.69) is 26.6 Å². The molecule has 2 N–H and O–H groups in total. The molecule has 1 heterocycles. The monoisotopic (exact) mass is 445 g/mol. The molecule has 0 bridgehead atoms. The van der Waals surface area contributed by atoms with Crippen LogP contribution in [0, 0.1) is 0 Å². The first-order valence-corrected chi connectivity index (χ1v) is 8.81. The van der Waals surface area contributed by atoms with E-state index in [1.165, 1.54) is 25.3 Å². The quantitative estimate of drug-likeness (QED) is 0.514. The fourth-order valence-electron chi connectivity index (χ4n) is 2.50. The number of carbonyl (C=O) groups is 3. The number of carboxylic acids is 1. The highest BCUT2D eigenvalue weighted by Gasteiger charge is 2.23. The van der Waals surface area contributed by atoms with E-state index >= 15 is 0 Å². The van der Waals surface area contributed by atoms with Crippen molar-refractivity contribution in [3.05, 3.63) is 63.3 Å². The zero-order valence-corrected chi connectivity index (χ0v) is 16.2. The van der Waals surface area contributed by atoms with Crippen molar-refractivity contribution in [3.63, 3.8) is 0 Å². The van der Waals surface area contributed by atoms with E-state index in [0.717, 1.165) is 5.56 Å². The fourth-order valence-corrected chi connectivity index (χ4v) is 3.08. The number of urea groups is 1. The normalized spacial score (nSPS) is 14.6. The highest BCUT2D eigenvalue weighted by Crippen LogP contribution is 2.37. The first-order chi connectivity index (χ1) is 13.4. The van der Waals surface area contributed by atoms with Gasteiger partial charge >= 0.3 is 6.03 Å². The molecule has 0 spiro atoms. The van der Waals surface area contributed by atoms with Crippen LogP contribution in [0.15, 0.2) is 46.6 Å². The van der Waals surface area contributed by atoms with E-state index in [4.69, 9.17) is 9.47 Å². The Balaban J connectivity index is 1.80. The number of benzene rings is 2. The lowest BCUT2D eigenvalue weighted by atomic mass is 10.1. The Kier molecular flexibility index (Phi) is 5.65. The molecule has 1 fully saturated rings. The predicted molar refractivity (Wildman–Crippen MR) is 100 cm³/mol. The molecule has 9 heteroatoms. The zero-order valence-electron chi connectivity index (χ0n) is 14.6. The summed E-state index contributed by atoms with van der Waals surface area (Å²) in [6.45, 7) is 0.182. The van der Waals surface area contributed by atoms with Crippen LogP contribution < -0.4 is 25.2 Å². The van der Waals surface area contributed by atoms with Crippen molar-refractivity contribution in [3.8, 4) is 11.5 Å². The molecule has 3 rings (SSSR count). The van der Waals surface area contributed by atoms with Gasteiger partial charge in [-0.05, 0) is 50.8 Å². The van der Waals surface area contributed by atoms with Crippen LogP contribution in [-0.4, -0.2) is 25.0 Å². The van der Waals surface area contributed by atoms with Crippen molar-refractivity contribution in [2.24, 2.45) is 0 Å². The van der Waals surface area contributed by atoms with Gasteiger partial charge in [-0.2, -0.15) is 0 Å². The molecule has 1 saturated heterocycles. The summed E-state index contributed by atoms with van der Waals surface area (Å²) in [5.41, 5.74) is 1.58. The van der Waals surface area contributed by atoms with Gasteiger partial charge in [0, 0.05) is 0 Å². The van der Waals surface area contributed by atoms with Crippen LogP contribution in [0.5, 0.6) is 11.5 Å². The molecule has 0 aromatic heterocycles. The third-order valence-electron chi connectivity index (χ3n) is 3.86. The summed E-state index contributed by atoms with van der Waals surface area (Å²) in [7, 11) is 1.48. The van der Waals surface area contributed by atoms with E-state index in [-0.39, 0.29) is 17.9 Å². The van der Waals surface area contributed by atoms with Crippen LogP contribution in [0.2, 0.25) is 0 Å². The maximum atomic E-state index is 11.6. The van der Waals surface area contributed by atoms with Gasteiger partial charge in [0.1, 0.15) is 12.3 Å². The summed E-state index contributed by atoms with van der Waals surface area (Å²) >= 11 is 3.41. The molecular formula is C19H14BrN2O6-. The second-order valence-electron chi connectivity index (χ2n) is 5.77. The number of halogens is 1. The maximum Gasteiger partial charge on any atom is 0.326 e. The third-order valence-corrected chi connectivity index (χ3v) is 4.44. The number of methoxy groups -OCH3 is 1. The average molecular weight is 446 g/mol. The standard InChI is InChI=1S/C19H15BrN2O6/c1-27-15-8-11(7-14-17(23)22-19(26)21-14)6-13(20)16(15)28-9-10-2-4-12(5-3-10)18(24)25/h2-8H,9H2,1H3,(H,24,25)(H2,21,22,23,26)/p-1/b14-7-. The van der Waals surface area contributed by atoms with E-state index in [9.17, 15) is 19.5 Å². The number of carboxylic acid groups (broad SMARTS) is 1. The molecule has 8 nitrogen and oxygen atoms in total. The number of ether oxygens (including phenoxy) is 2. The van der Waals surface area contributed by atoms with Crippen LogP contribution in [0.1, 0.15) is 21.5 Å². The smallest absolute Gasteiger partial charge is 0.326 e. The van der Waals surface area contributed by atoms with Crippen LogP contribution in [0.3, 0.4) is 0 Å². The van der Waals surface area contributed by atoms with Crippen molar-refractivity contribution in [2.75, 3.05) is 7.11 Å². The lowest BCUT2D eigenvalue weighted by molar-refractivity contribution is -0.255. The molecule has 0 aliphatic carbocycles. The molecule has 2 aromatic carbocycles. The molecule has 1 aliphatic heterocycles. The molecule has 28 heavy (non-hydrogen) atoms. The van der Waals surface area contributed by atoms with Gasteiger partial charge in [0.05, 0.1) is 17.6 Å². The van der Waals surface area contributed by atoms with E-state index in [0.29, 0.717) is 21.5 Å². The molecule has 3 amide bonds. The Bertz CT molecular complexity index is 985. The molecule has 0 radical (unpaired) electrons. The first-order valence-electron chi connectivity index (χ1n) is 8.02. The minimum Gasteiger partial charge on any atom is -0.545 e. The Morgan fingerprint density at radius 2 is 1.89 bits per heavy atom. The molecule has 144 valence electrons. The van der Waals surface area contributed by atoms with Gasteiger partial charge in [0.15, 0.2) is 11.5 Å². The highest BCUT2D eigenvalue weighted by atomic mass is 79.9. The molecule has 0 unspecified atom stereocenters. The summed E-state index contributed by atoms with van der Waals surface area (Å²) in [6, 6.07) is 8.93. The lowest BCUT2D eigenvalue weighted by Gasteiger charge is -2.14. The number of aromatic carboxylic acids is 1. The van der Waals surface area contributed by atoms with Gasteiger partial charge in [-0.3, -0.25) is 10.1 Å². The zero-order chi connectivity index (χ0) is 20.3. The molecule has 2 aromatic rings. The first kappa shape index (κ1) is 19.4. The summed E-state index contributed by atoms with van der Waals surface area (Å²) < 4.78 is 11.7. The van der Waals surface area contributed by atoms with Crippen molar-refractivity contribution >= 4 is 39.9 Å². The maximum absolute atomic E-state index is 11.6. The minimum atomic E-state index is -1.24. The SMILES string of the molecule is COc1cc(/C=C2\NC(=O)NC2=O)cc(Br)c1OCc1ccc(C(=O)[O-])cc1. The number of hydrogen-bond acceptors (Lipinski definition) is 6. The van der Waals surface area contributed by atoms with E-state index in [1.54, 1.807) is 24.3 Å². The Morgan fingerprint density at radius 1 is 1.18 bits per heavy atom. The number of carbonyl (C=O) groups excluding carboxylic acids is 3. The van der Waals surface area contributed by atoms with Crippen molar-refractivity contribution in [2.45, 2.75) is 6.61 Å². The van der Waals surface area contributed by atoms with Crippen LogP contribution in [-0.2, 0) is 11.4 Å². The third kappa shape index (κ3) is 4.32. The van der Waals surface area contributed by atoms with Crippen LogP contribution in [0.25, 0.3) is 6.08 Å². The lowest BCUT2D eigenvalue weighted by Crippen LogP contribution is -2.22. The summed E-state index contributed by atoms with van der Waals surface area (Å²) in [6.07, 6.45) is 1.51. The van der Waals surface area contributed by atoms with Gasteiger partial charge in [0.25, 0.3) is 5.91 Å². The van der Waals surface area contributed by atoms with Crippen LogP contribution in [0.4, 0.5) is 4.79 Å². The van der Waals surface area contributed by atoms with E-state index in [1.807, 2.05) is 0 Å². The van der Waals surface area contributed by atoms with Gasteiger partial charge in [-0.25, -0.2) is 4.79 Å². The largest absolute Gasteiger partial charge is 0.545 e. The number of rotatable bonds is 6. The second kappa shape index (κ2) is 8.13. The number of hydrogen-bond donors (Lipinski definition) is 2. The van der Waals surface area contributed by atoms with Crippen molar-refractivity contribution in [1.82, 2.24) is 10.6 Å². The van der Waals surface area contributed by atoms with Gasteiger partial charge < -0.3 is 24.7 Å². The van der Waals surface area contributed by atoms with Gasteiger partial charge in [0.2, 0.25) is 0 Å². The van der Waals surface area contributed by atoms with E-state index < -0.39 is 17.9 Å². The minimum absolute atomic E-state index is 0.0861. The fraction of sp³-hybridized carbons (Fsp3) is 0.105. The summed E-state index contributed by atoms with van der Waals surface area (Å²) in [5.74, 6) is -0.903. The van der Waals surface area contributed by atoms with Gasteiger partial charge in [-0.15, -0.1) is 0 Å². The molecule has 0 atom stereocenters. The number of imide groups is 1. The molecular weight excluding hydrogens is 432 g/mol. The Hall–Kier alpha value is -3.33. The topological polar surface area (TPSA) is 117 Å².